The Morgan fingerprint density at radius 1 is 1.75 bits per heavy atom. The minimum atomic E-state index is -1.03. The van der Waals surface area contributed by atoms with E-state index in [1.165, 1.54) is 12.8 Å². The van der Waals surface area contributed by atoms with Gasteiger partial charge in [-0.3, -0.25) is 4.39 Å². The quantitative estimate of drug-likeness (QED) is 0.438. The fraction of sp³-hybridized carbons (Fsp3) is 0.667. The van der Waals surface area contributed by atoms with Crippen LogP contribution in [-0.4, -0.2) is 11.9 Å². The second-order valence-electron chi connectivity index (χ2n) is 2.56. The molecule has 1 saturated carbocycles. The third kappa shape index (κ3) is 0.403. The number of nitrogens with one attached hydrogen (secondary N) is 1. The summed E-state index contributed by atoms with van der Waals surface area (Å²) in [4.78, 5) is 2.70. The molecule has 1 N–H and O–H groups in total. The van der Waals surface area contributed by atoms with Crippen LogP contribution in [0.2, 0.25) is 0 Å². The first kappa shape index (κ1) is 4.36. The average molecular weight is 113 g/mol. The molecule has 2 heteroatoms. The average Bonchev–Trinajstić information content (AvgIpc) is 2.38. The summed E-state index contributed by atoms with van der Waals surface area (Å²) in [5, 5.41) is 0. The Bertz CT molecular complexity index is 139. The molecule has 1 aliphatic heterocycles. The molecule has 1 heterocycles. The Balaban J connectivity index is 2.11. The molecular weight excluding hydrogens is 105 g/mol. The van der Waals surface area contributed by atoms with Gasteiger partial charge in [-0.2, -0.15) is 0 Å². The van der Waals surface area contributed by atoms with Gasteiger partial charge in [0, 0.05) is 12.8 Å². The molecule has 2 aliphatic rings. The van der Waals surface area contributed by atoms with Gasteiger partial charge in [0.2, 0.25) is 0 Å². The molecule has 0 bridgehead atoms. The lowest BCUT2D eigenvalue weighted by molar-refractivity contribution is -0.457. The second-order valence-corrected chi connectivity index (χ2v) is 2.56. The van der Waals surface area contributed by atoms with Gasteiger partial charge in [0.25, 0.3) is 0 Å². The Hall–Kier alpha value is -0.530. The summed E-state index contributed by atoms with van der Waals surface area (Å²) in [6, 6.07) is 0. The first-order chi connectivity index (χ1) is 3.81. The van der Waals surface area contributed by atoms with Crippen molar-refractivity contribution in [3.8, 4) is 0 Å². The maximum atomic E-state index is 12.9. The maximum absolute atomic E-state index is 12.9. The standard InChI is InChI=1S/C6H8FN/c7-6(3-8-4-6)5-1-2-5/h3-5,8H,1-2H2. The lowest BCUT2D eigenvalue weighted by atomic mass is 9.98. The SMILES string of the molecule is FC1(C2CC2)C=[NH+][CH-]1. The minimum absolute atomic E-state index is 0.309. The van der Waals surface area contributed by atoms with Crippen LogP contribution in [0.4, 0.5) is 4.39 Å². The van der Waals surface area contributed by atoms with Crippen molar-refractivity contribution in [2.24, 2.45) is 5.92 Å². The Morgan fingerprint density at radius 2 is 2.38 bits per heavy atom. The molecule has 0 aromatic heterocycles. The van der Waals surface area contributed by atoms with E-state index in [-0.39, 0.29) is 0 Å². The zero-order valence-electron chi connectivity index (χ0n) is 4.52. The maximum Gasteiger partial charge on any atom is 0.134 e. The van der Waals surface area contributed by atoms with Crippen molar-refractivity contribution >= 4 is 6.21 Å². The van der Waals surface area contributed by atoms with E-state index < -0.39 is 5.67 Å². The summed E-state index contributed by atoms with van der Waals surface area (Å²) < 4.78 is 12.9. The van der Waals surface area contributed by atoms with Gasteiger partial charge < -0.3 is 4.99 Å². The second kappa shape index (κ2) is 1.07. The topological polar surface area (TPSA) is 14.0 Å². The van der Waals surface area contributed by atoms with Crippen LogP contribution in [0.3, 0.4) is 0 Å². The molecule has 1 nitrogen and oxygen atoms in total. The highest BCUT2D eigenvalue weighted by Gasteiger charge is 2.45. The highest BCUT2D eigenvalue weighted by Crippen LogP contribution is 2.42. The number of halogens is 1. The summed E-state index contributed by atoms with van der Waals surface area (Å²) in [7, 11) is 0. The highest BCUT2D eigenvalue weighted by molar-refractivity contribution is 5.70. The minimum Gasteiger partial charge on any atom is -0.379 e. The fourth-order valence-corrected chi connectivity index (χ4v) is 1.00. The van der Waals surface area contributed by atoms with E-state index in [1.807, 2.05) is 0 Å². The third-order valence-corrected chi connectivity index (χ3v) is 1.81. The van der Waals surface area contributed by atoms with Gasteiger partial charge in [-0.25, -0.2) is 0 Å². The molecule has 0 saturated heterocycles. The van der Waals surface area contributed by atoms with Crippen molar-refractivity contribution < 1.29 is 9.38 Å². The normalized spacial score (nSPS) is 43.1. The zero-order chi connectivity index (χ0) is 5.61. The van der Waals surface area contributed by atoms with Gasteiger partial charge >= 0.3 is 0 Å². The molecule has 0 spiro atoms. The molecular formula is C6H8FN. The summed E-state index contributed by atoms with van der Waals surface area (Å²) in [6.45, 7) is 1.53. The highest BCUT2D eigenvalue weighted by atomic mass is 19.1. The van der Waals surface area contributed by atoms with E-state index in [1.54, 1.807) is 0 Å². The van der Waals surface area contributed by atoms with Crippen molar-refractivity contribution in [1.29, 1.82) is 0 Å². The number of hydrogen-bond acceptors (Lipinski definition) is 0. The summed E-state index contributed by atoms with van der Waals surface area (Å²) in [5.41, 5.74) is -1.03. The Morgan fingerprint density at radius 3 is 2.50 bits per heavy atom. The fourth-order valence-electron chi connectivity index (χ4n) is 1.00. The van der Waals surface area contributed by atoms with Crippen LogP contribution in [-0.2, 0) is 0 Å². The van der Waals surface area contributed by atoms with Gasteiger partial charge in [-0.05, 0) is 18.8 Å². The zero-order valence-corrected chi connectivity index (χ0v) is 4.52. The van der Waals surface area contributed by atoms with Crippen LogP contribution in [0.15, 0.2) is 0 Å². The molecule has 44 valence electrons. The van der Waals surface area contributed by atoms with Crippen LogP contribution in [0.5, 0.6) is 0 Å². The van der Waals surface area contributed by atoms with Crippen LogP contribution in [0.1, 0.15) is 12.8 Å². The van der Waals surface area contributed by atoms with Crippen molar-refractivity contribution in [3.63, 3.8) is 0 Å². The van der Waals surface area contributed by atoms with Gasteiger partial charge in [-0.15, -0.1) is 0 Å². The number of alkyl halides is 1. The number of hydrogen-bond donors (Lipinski definition) is 1. The molecule has 0 aromatic rings. The van der Waals surface area contributed by atoms with Crippen molar-refractivity contribution in [2.75, 3.05) is 0 Å². The lowest BCUT2D eigenvalue weighted by Crippen LogP contribution is -2.83. The largest absolute Gasteiger partial charge is 0.379 e. The molecule has 1 atom stereocenters. The van der Waals surface area contributed by atoms with E-state index >= 15 is 0 Å². The predicted molar refractivity (Wildman–Crippen MR) is 27.9 cm³/mol. The Kier molecular flexibility index (Phi) is 0.581. The smallest absolute Gasteiger partial charge is 0.134 e. The van der Waals surface area contributed by atoms with E-state index in [9.17, 15) is 4.39 Å². The molecule has 8 heavy (non-hydrogen) atoms. The molecule has 0 aromatic carbocycles. The van der Waals surface area contributed by atoms with E-state index in [0.717, 1.165) is 12.8 Å². The molecule has 0 radical (unpaired) electrons. The van der Waals surface area contributed by atoms with E-state index in [2.05, 4.69) is 4.99 Å². The molecule has 1 fully saturated rings. The first-order valence-electron chi connectivity index (χ1n) is 2.95. The van der Waals surface area contributed by atoms with E-state index in [0.29, 0.717) is 5.92 Å². The first-order valence-corrected chi connectivity index (χ1v) is 2.95. The van der Waals surface area contributed by atoms with Crippen molar-refractivity contribution in [1.82, 2.24) is 0 Å². The molecule has 1 unspecified atom stereocenters. The lowest BCUT2D eigenvalue weighted by Gasteiger charge is -2.28. The van der Waals surface area contributed by atoms with Gasteiger partial charge in [0.05, 0.1) is 0 Å². The van der Waals surface area contributed by atoms with Crippen LogP contribution in [0.25, 0.3) is 0 Å². The third-order valence-electron chi connectivity index (χ3n) is 1.81. The monoisotopic (exact) mass is 113 g/mol. The van der Waals surface area contributed by atoms with Gasteiger partial charge in [-0.1, -0.05) is 0 Å². The predicted octanol–water partition coefficient (Wildman–Crippen LogP) is -0.569. The van der Waals surface area contributed by atoms with Crippen molar-refractivity contribution in [3.05, 3.63) is 6.54 Å². The van der Waals surface area contributed by atoms with Crippen LogP contribution in [0, 0.1) is 12.5 Å². The van der Waals surface area contributed by atoms with Gasteiger partial charge in [0.15, 0.2) is 0 Å². The molecule has 0 amide bonds. The van der Waals surface area contributed by atoms with E-state index in [4.69, 9.17) is 0 Å². The van der Waals surface area contributed by atoms with Gasteiger partial charge in [0.1, 0.15) is 5.67 Å². The number of rotatable bonds is 1. The van der Waals surface area contributed by atoms with Crippen LogP contribution >= 0.6 is 0 Å². The Labute approximate surface area is 47.6 Å². The molecule has 2 rings (SSSR count). The summed E-state index contributed by atoms with van der Waals surface area (Å²) >= 11 is 0. The van der Waals surface area contributed by atoms with Crippen molar-refractivity contribution in [2.45, 2.75) is 18.5 Å². The molecule has 1 aliphatic carbocycles. The summed E-state index contributed by atoms with van der Waals surface area (Å²) in [5.74, 6) is 0.309. The van der Waals surface area contributed by atoms with Crippen LogP contribution < -0.4 is 4.99 Å². The summed E-state index contributed by atoms with van der Waals surface area (Å²) in [6.07, 6.45) is 3.65.